The Bertz CT molecular complexity index is 820. The predicted molar refractivity (Wildman–Crippen MR) is 101 cm³/mol. The number of benzene rings is 1. The second-order valence-electron chi connectivity index (χ2n) is 4.98. The Morgan fingerprint density at radius 2 is 2.23 bits per heavy atom. The minimum atomic E-state index is 0.927. The van der Waals surface area contributed by atoms with Gasteiger partial charge in [0.1, 0.15) is 5.04 Å². The van der Waals surface area contributed by atoms with E-state index < -0.39 is 0 Å². The van der Waals surface area contributed by atoms with Gasteiger partial charge in [0.25, 0.3) is 0 Å². The van der Waals surface area contributed by atoms with Crippen molar-refractivity contribution in [1.29, 1.82) is 0 Å². The number of para-hydroxylation sites is 1. The van der Waals surface area contributed by atoms with Crippen LogP contribution in [0, 0.1) is 0 Å². The molecule has 0 unspecified atom stereocenters. The highest BCUT2D eigenvalue weighted by molar-refractivity contribution is 8.14. The number of aliphatic imine (C=N–C) groups is 1. The molecule has 0 aliphatic carbocycles. The van der Waals surface area contributed by atoms with E-state index in [1.807, 2.05) is 11.8 Å². The summed E-state index contributed by atoms with van der Waals surface area (Å²) in [5, 5.41) is 4.48. The summed E-state index contributed by atoms with van der Waals surface area (Å²) < 4.78 is 3.51. The van der Waals surface area contributed by atoms with Gasteiger partial charge in [-0.05, 0) is 35.5 Å². The molecule has 0 atom stereocenters. The van der Waals surface area contributed by atoms with E-state index in [2.05, 4.69) is 63.1 Å². The van der Waals surface area contributed by atoms with Crippen molar-refractivity contribution in [2.75, 3.05) is 23.7 Å². The topological polar surface area (TPSA) is 31.4 Å². The van der Waals surface area contributed by atoms with E-state index in [1.54, 1.807) is 23.3 Å². The van der Waals surface area contributed by atoms with Gasteiger partial charge >= 0.3 is 0 Å². The van der Waals surface area contributed by atoms with Crippen LogP contribution in [-0.4, -0.2) is 29.4 Å². The average molecular weight is 346 g/mol. The Balaban J connectivity index is 1.71. The first-order chi connectivity index (χ1) is 10.8. The standard InChI is InChI=1S/C16H15N3S3/c1-19(22-14-6-3-8-20-14)13-5-2-4-11-10-12(18-15(11)13)16-17-7-9-21-16/h2-6,8,10,18H,7,9H2,1H3. The number of anilines is 1. The molecule has 1 aliphatic rings. The molecule has 3 heterocycles. The van der Waals surface area contributed by atoms with Crippen LogP contribution >= 0.6 is 35.0 Å². The van der Waals surface area contributed by atoms with E-state index >= 15 is 0 Å². The largest absolute Gasteiger partial charge is 0.351 e. The smallest absolute Gasteiger partial charge is 0.114 e. The van der Waals surface area contributed by atoms with Crippen LogP contribution in [0.3, 0.4) is 0 Å². The van der Waals surface area contributed by atoms with Crippen molar-refractivity contribution in [3.05, 3.63) is 47.5 Å². The molecule has 4 rings (SSSR count). The lowest BCUT2D eigenvalue weighted by Gasteiger charge is -2.17. The zero-order chi connectivity index (χ0) is 14.9. The molecule has 3 nitrogen and oxygen atoms in total. The van der Waals surface area contributed by atoms with Gasteiger partial charge in [-0.25, -0.2) is 0 Å². The second-order valence-corrected chi connectivity index (χ2v) is 8.44. The monoisotopic (exact) mass is 345 g/mol. The van der Waals surface area contributed by atoms with E-state index in [4.69, 9.17) is 0 Å². The van der Waals surface area contributed by atoms with Crippen LogP contribution in [0.1, 0.15) is 5.69 Å². The quantitative estimate of drug-likeness (QED) is 0.685. The van der Waals surface area contributed by atoms with Crippen LogP contribution < -0.4 is 4.31 Å². The number of hydrogen-bond acceptors (Lipinski definition) is 5. The van der Waals surface area contributed by atoms with Crippen molar-refractivity contribution in [2.24, 2.45) is 4.99 Å². The molecule has 1 aliphatic heterocycles. The second kappa shape index (κ2) is 6.02. The molecule has 22 heavy (non-hydrogen) atoms. The summed E-state index contributed by atoms with van der Waals surface area (Å²) >= 11 is 5.35. The summed E-state index contributed by atoms with van der Waals surface area (Å²) in [6.45, 7) is 0.927. The first-order valence-electron chi connectivity index (χ1n) is 7.06. The molecule has 3 aromatic rings. The fourth-order valence-electron chi connectivity index (χ4n) is 2.52. The van der Waals surface area contributed by atoms with Gasteiger partial charge in [0.05, 0.1) is 21.1 Å². The van der Waals surface area contributed by atoms with Crippen molar-refractivity contribution in [3.63, 3.8) is 0 Å². The molecule has 0 saturated carbocycles. The van der Waals surface area contributed by atoms with Crippen molar-refractivity contribution in [2.45, 2.75) is 4.21 Å². The minimum Gasteiger partial charge on any atom is -0.351 e. The number of fused-ring (bicyclic) bond motifs is 1. The molecule has 0 spiro atoms. The molecular weight excluding hydrogens is 330 g/mol. The molecule has 0 saturated heterocycles. The number of aromatic nitrogens is 1. The summed E-state index contributed by atoms with van der Waals surface area (Å²) in [5.74, 6) is 1.09. The maximum absolute atomic E-state index is 4.57. The number of thioether (sulfide) groups is 1. The van der Waals surface area contributed by atoms with Gasteiger partial charge in [0.15, 0.2) is 0 Å². The molecule has 6 heteroatoms. The van der Waals surface area contributed by atoms with Crippen molar-refractivity contribution >= 4 is 56.7 Å². The summed E-state index contributed by atoms with van der Waals surface area (Å²) in [7, 11) is 2.11. The van der Waals surface area contributed by atoms with Gasteiger partial charge in [-0.2, -0.15) is 0 Å². The summed E-state index contributed by atoms with van der Waals surface area (Å²) in [5.41, 5.74) is 3.52. The van der Waals surface area contributed by atoms with Gasteiger partial charge in [-0.3, -0.25) is 4.99 Å². The molecule has 0 bridgehead atoms. The van der Waals surface area contributed by atoms with E-state index in [9.17, 15) is 0 Å². The molecular formula is C16H15N3S3. The molecule has 0 amide bonds. The molecule has 0 radical (unpaired) electrons. The molecule has 112 valence electrons. The number of nitrogens with one attached hydrogen (secondary N) is 1. The Hall–Kier alpha value is -1.37. The SMILES string of the molecule is CN(Sc1cccs1)c1cccc2cc(C3=NCCS3)[nH]c12. The first-order valence-corrected chi connectivity index (χ1v) is 9.70. The number of hydrogen-bond donors (Lipinski definition) is 1. The van der Waals surface area contributed by atoms with E-state index in [-0.39, 0.29) is 0 Å². The van der Waals surface area contributed by atoms with Crippen LogP contribution in [0.5, 0.6) is 0 Å². The fraction of sp³-hybridized carbons (Fsp3) is 0.188. The van der Waals surface area contributed by atoms with Crippen molar-refractivity contribution in [1.82, 2.24) is 4.98 Å². The Morgan fingerprint density at radius 1 is 1.27 bits per heavy atom. The summed E-state index contributed by atoms with van der Waals surface area (Å²) in [6, 6.07) is 12.9. The normalized spacial score (nSPS) is 14.5. The van der Waals surface area contributed by atoms with Crippen LogP contribution in [0.2, 0.25) is 0 Å². The Morgan fingerprint density at radius 3 is 3.00 bits per heavy atom. The van der Waals surface area contributed by atoms with Gasteiger partial charge in [-0.15, -0.1) is 23.1 Å². The van der Waals surface area contributed by atoms with Gasteiger partial charge in [0.2, 0.25) is 0 Å². The highest BCUT2D eigenvalue weighted by atomic mass is 32.2. The first kappa shape index (κ1) is 14.2. The number of nitrogens with zero attached hydrogens (tertiary/aromatic N) is 2. The predicted octanol–water partition coefficient (Wildman–Crippen LogP) is 4.87. The number of thiophene rings is 1. The zero-order valence-electron chi connectivity index (χ0n) is 12.1. The summed E-state index contributed by atoms with van der Waals surface area (Å²) in [4.78, 5) is 8.13. The highest BCUT2D eigenvalue weighted by Gasteiger charge is 2.15. The molecule has 0 fully saturated rings. The number of H-pyrrole nitrogens is 1. The molecule has 2 aromatic heterocycles. The Labute approximate surface area is 142 Å². The number of rotatable bonds is 4. The van der Waals surface area contributed by atoms with E-state index in [1.165, 1.54) is 20.8 Å². The maximum atomic E-state index is 4.57. The maximum Gasteiger partial charge on any atom is 0.114 e. The van der Waals surface area contributed by atoms with Crippen LogP contribution in [-0.2, 0) is 0 Å². The zero-order valence-corrected chi connectivity index (χ0v) is 14.5. The third-order valence-electron chi connectivity index (χ3n) is 3.51. The molecule has 1 aromatic carbocycles. The third-order valence-corrected chi connectivity index (χ3v) is 6.48. The third kappa shape index (κ3) is 2.66. The Kier molecular flexibility index (Phi) is 3.90. The highest BCUT2D eigenvalue weighted by Crippen LogP contribution is 2.35. The van der Waals surface area contributed by atoms with Crippen LogP contribution in [0.4, 0.5) is 5.69 Å². The van der Waals surface area contributed by atoms with Crippen molar-refractivity contribution in [3.8, 4) is 0 Å². The number of aromatic amines is 1. The average Bonchev–Trinajstić information content (AvgIpc) is 3.26. The lowest BCUT2D eigenvalue weighted by Crippen LogP contribution is -2.06. The van der Waals surface area contributed by atoms with E-state index in [0.29, 0.717) is 0 Å². The van der Waals surface area contributed by atoms with Gasteiger partial charge in [0, 0.05) is 24.7 Å². The minimum absolute atomic E-state index is 0.927. The fourth-order valence-corrected chi connectivity index (χ4v) is 5.12. The van der Waals surface area contributed by atoms with Gasteiger partial charge < -0.3 is 9.29 Å². The lowest BCUT2D eigenvalue weighted by atomic mass is 10.2. The van der Waals surface area contributed by atoms with Crippen LogP contribution in [0.15, 0.2) is 51.0 Å². The van der Waals surface area contributed by atoms with E-state index in [0.717, 1.165) is 23.0 Å². The van der Waals surface area contributed by atoms with Gasteiger partial charge in [-0.1, -0.05) is 18.2 Å². The summed E-state index contributed by atoms with van der Waals surface area (Å²) in [6.07, 6.45) is 0. The van der Waals surface area contributed by atoms with Crippen LogP contribution in [0.25, 0.3) is 10.9 Å². The molecule has 1 N–H and O–H groups in total. The lowest BCUT2D eigenvalue weighted by molar-refractivity contribution is 1.17. The van der Waals surface area contributed by atoms with Crippen molar-refractivity contribution < 1.29 is 0 Å².